The van der Waals surface area contributed by atoms with Gasteiger partial charge in [-0.2, -0.15) is 5.10 Å². The van der Waals surface area contributed by atoms with Crippen LogP contribution in [-0.2, 0) is 6.54 Å². The van der Waals surface area contributed by atoms with E-state index in [1.54, 1.807) is 6.33 Å². The Bertz CT molecular complexity index is 701. The zero-order chi connectivity index (χ0) is 13.9. The highest BCUT2D eigenvalue weighted by Crippen LogP contribution is 2.16. The van der Waals surface area contributed by atoms with Crippen molar-refractivity contribution in [2.45, 2.75) is 6.54 Å². The zero-order valence-corrected chi connectivity index (χ0v) is 12.3. The molecule has 0 bridgehead atoms. The predicted octanol–water partition coefficient (Wildman–Crippen LogP) is 3.34. The third kappa shape index (κ3) is 2.88. The first kappa shape index (κ1) is 12.9. The smallest absolute Gasteiger partial charge is 0.181 e. The predicted molar refractivity (Wildman–Crippen MR) is 83.1 cm³/mol. The Kier molecular flexibility index (Phi) is 3.52. The van der Waals surface area contributed by atoms with Gasteiger partial charge in [0, 0.05) is 15.7 Å². The van der Waals surface area contributed by atoms with E-state index in [9.17, 15) is 0 Å². The van der Waals surface area contributed by atoms with Gasteiger partial charge in [-0.1, -0.05) is 28.1 Å². The van der Waals surface area contributed by atoms with Crippen LogP contribution in [-0.4, -0.2) is 14.8 Å². The summed E-state index contributed by atoms with van der Waals surface area (Å²) in [4.78, 5) is 4.33. The summed E-state index contributed by atoms with van der Waals surface area (Å²) in [6.45, 7) is 0.704. The molecule has 3 aromatic rings. The lowest BCUT2D eigenvalue weighted by molar-refractivity contribution is 0.687. The second-order valence-electron chi connectivity index (χ2n) is 4.51. The molecule has 1 heterocycles. The van der Waals surface area contributed by atoms with Crippen LogP contribution in [0.1, 0.15) is 5.56 Å². The number of aromatic nitrogens is 3. The van der Waals surface area contributed by atoms with E-state index in [-0.39, 0.29) is 0 Å². The van der Waals surface area contributed by atoms with Crippen LogP contribution in [0.3, 0.4) is 0 Å². The van der Waals surface area contributed by atoms with Crippen molar-refractivity contribution in [1.82, 2.24) is 14.8 Å². The highest BCUT2D eigenvalue weighted by molar-refractivity contribution is 9.10. The summed E-state index contributed by atoms with van der Waals surface area (Å²) < 4.78 is 2.90. The average Bonchev–Trinajstić information content (AvgIpc) is 2.91. The second kappa shape index (κ2) is 5.46. The normalized spacial score (nSPS) is 10.7. The number of halogens is 1. The van der Waals surface area contributed by atoms with Gasteiger partial charge in [0.15, 0.2) is 5.82 Å². The van der Waals surface area contributed by atoms with Crippen LogP contribution in [0.25, 0.3) is 11.4 Å². The fourth-order valence-electron chi connectivity index (χ4n) is 1.91. The molecule has 2 aromatic carbocycles. The Morgan fingerprint density at radius 3 is 2.40 bits per heavy atom. The van der Waals surface area contributed by atoms with Crippen molar-refractivity contribution in [2.24, 2.45) is 0 Å². The standard InChI is InChI=1S/C15H13BrN4/c16-13-5-1-11(2-6-13)9-20-10-18-15(19-20)12-3-7-14(17)8-4-12/h1-8,10H,9,17H2. The molecule has 0 aliphatic heterocycles. The molecule has 1 aromatic heterocycles. The molecule has 0 fully saturated rings. The lowest BCUT2D eigenvalue weighted by Gasteiger charge is -2.01. The Labute approximate surface area is 125 Å². The number of nitrogens with two attached hydrogens (primary N) is 1. The van der Waals surface area contributed by atoms with Crippen molar-refractivity contribution in [3.05, 3.63) is 64.9 Å². The zero-order valence-electron chi connectivity index (χ0n) is 10.7. The van der Waals surface area contributed by atoms with E-state index in [0.29, 0.717) is 12.4 Å². The van der Waals surface area contributed by atoms with Crippen molar-refractivity contribution in [3.63, 3.8) is 0 Å². The third-order valence-electron chi connectivity index (χ3n) is 2.96. The number of rotatable bonds is 3. The lowest BCUT2D eigenvalue weighted by Crippen LogP contribution is -2.00. The van der Waals surface area contributed by atoms with Gasteiger partial charge in [-0.25, -0.2) is 9.67 Å². The third-order valence-corrected chi connectivity index (χ3v) is 3.49. The first-order valence-electron chi connectivity index (χ1n) is 6.20. The van der Waals surface area contributed by atoms with Gasteiger partial charge >= 0.3 is 0 Å². The maximum atomic E-state index is 5.67. The Morgan fingerprint density at radius 2 is 1.70 bits per heavy atom. The number of nitrogens with zero attached hydrogens (tertiary/aromatic N) is 3. The van der Waals surface area contributed by atoms with Crippen molar-refractivity contribution < 1.29 is 0 Å². The highest BCUT2D eigenvalue weighted by Gasteiger charge is 2.04. The molecular weight excluding hydrogens is 316 g/mol. The molecule has 4 nitrogen and oxygen atoms in total. The molecule has 0 aliphatic carbocycles. The van der Waals surface area contributed by atoms with E-state index in [2.05, 4.69) is 38.1 Å². The van der Waals surface area contributed by atoms with Crippen molar-refractivity contribution in [2.75, 3.05) is 5.73 Å². The quantitative estimate of drug-likeness (QED) is 0.750. The van der Waals surface area contributed by atoms with Crippen molar-refractivity contribution in [1.29, 1.82) is 0 Å². The molecular formula is C15H13BrN4. The van der Waals surface area contributed by atoms with E-state index in [4.69, 9.17) is 5.73 Å². The summed E-state index contributed by atoms with van der Waals surface area (Å²) in [7, 11) is 0. The van der Waals surface area contributed by atoms with E-state index in [1.165, 1.54) is 5.56 Å². The maximum absolute atomic E-state index is 5.67. The number of hydrogen-bond acceptors (Lipinski definition) is 3. The van der Waals surface area contributed by atoms with Gasteiger partial charge < -0.3 is 5.73 Å². The number of hydrogen-bond donors (Lipinski definition) is 1. The topological polar surface area (TPSA) is 56.7 Å². The van der Waals surface area contributed by atoms with Crippen LogP contribution in [0.5, 0.6) is 0 Å². The molecule has 0 aliphatic rings. The molecule has 100 valence electrons. The van der Waals surface area contributed by atoms with Crippen LogP contribution < -0.4 is 5.73 Å². The second-order valence-corrected chi connectivity index (χ2v) is 5.43. The monoisotopic (exact) mass is 328 g/mol. The minimum Gasteiger partial charge on any atom is -0.399 e. The van der Waals surface area contributed by atoms with Gasteiger partial charge in [-0.3, -0.25) is 0 Å². The number of anilines is 1. The minimum absolute atomic E-state index is 0.704. The van der Waals surface area contributed by atoms with Crippen LogP contribution in [0, 0.1) is 0 Å². The summed E-state index contributed by atoms with van der Waals surface area (Å²) in [5.74, 6) is 0.710. The van der Waals surface area contributed by atoms with Gasteiger partial charge in [-0.05, 0) is 42.0 Å². The molecule has 0 unspecified atom stereocenters. The van der Waals surface area contributed by atoms with Crippen LogP contribution in [0.2, 0.25) is 0 Å². The van der Waals surface area contributed by atoms with Gasteiger partial charge in [0.25, 0.3) is 0 Å². The number of benzene rings is 2. The molecule has 0 spiro atoms. The Morgan fingerprint density at radius 1 is 1.00 bits per heavy atom. The molecule has 0 atom stereocenters. The summed E-state index contributed by atoms with van der Waals surface area (Å²) in [6.07, 6.45) is 1.74. The summed E-state index contributed by atoms with van der Waals surface area (Å²) in [5, 5.41) is 4.48. The lowest BCUT2D eigenvalue weighted by atomic mass is 10.2. The minimum atomic E-state index is 0.704. The molecule has 5 heteroatoms. The largest absolute Gasteiger partial charge is 0.399 e. The molecule has 0 amide bonds. The Balaban J connectivity index is 1.80. The van der Waals surface area contributed by atoms with E-state index < -0.39 is 0 Å². The molecule has 2 N–H and O–H groups in total. The van der Waals surface area contributed by atoms with Crippen LogP contribution in [0.15, 0.2) is 59.3 Å². The first-order valence-corrected chi connectivity index (χ1v) is 7.00. The van der Waals surface area contributed by atoms with Gasteiger partial charge in [-0.15, -0.1) is 0 Å². The van der Waals surface area contributed by atoms with Gasteiger partial charge in [0.2, 0.25) is 0 Å². The maximum Gasteiger partial charge on any atom is 0.181 e. The van der Waals surface area contributed by atoms with Crippen LogP contribution in [0.4, 0.5) is 5.69 Å². The Hall–Kier alpha value is -2.14. The first-order chi connectivity index (χ1) is 9.70. The van der Waals surface area contributed by atoms with E-state index >= 15 is 0 Å². The summed E-state index contributed by atoms with van der Waals surface area (Å²) >= 11 is 3.43. The van der Waals surface area contributed by atoms with Crippen LogP contribution >= 0.6 is 15.9 Å². The van der Waals surface area contributed by atoms with Crippen molar-refractivity contribution in [3.8, 4) is 11.4 Å². The molecule has 20 heavy (non-hydrogen) atoms. The SMILES string of the molecule is Nc1ccc(-c2ncn(Cc3ccc(Br)cc3)n2)cc1. The van der Waals surface area contributed by atoms with Gasteiger partial charge in [0.1, 0.15) is 6.33 Å². The molecule has 0 radical (unpaired) electrons. The van der Waals surface area contributed by atoms with Crippen molar-refractivity contribution >= 4 is 21.6 Å². The fourth-order valence-corrected chi connectivity index (χ4v) is 2.18. The van der Waals surface area contributed by atoms with E-state index in [1.807, 2.05) is 41.1 Å². The number of nitrogen functional groups attached to an aromatic ring is 1. The van der Waals surface area contributed by atoms with Gasteiger partial charge in [0.05, 0.1) is 6.54 Å². The molecule has 0 saturated heterocycles. The highest BCUT2D eigenvalue weighted by atomic mass is 79.9. The fraction of sp³-hybridized carbons (Fsp3) is 0.0667. The average molecular weight is 329 g/mol. The summed E-state index contributed by atoms with van der Waals surface area (Å²) in [5.41, 5.74) is 8.56. The van der Waals surface area contributed by atoms with E-state index in [0.717, 1.165) is 15.7 Å². The molecule has 0 saturated carbocycles. The molecule has 3 rings (SSSR count). The summed E-state index contributed by atoms with van der Waals surface area (Å²) in [6, 6.07) is 15.7.